The molecule has 2 fully saturated rings. The molecule has 1 unspecified atom stereocenters. The standard InChI is InChI=1S/C22H30N2O4/c1-14(23-15(2)25)12-26-18-7-5-17(6-8-18)22-24-20-10-9-19(11-21(20)28-22)27-13-16-3-4-16/h9-11,14,16-18H,3-8,12-13H2,1-2H3,(H,23,25). The number of hydrogen-bond donors (Lipinski definition) is 1. The first-order valence-electron chi connectivity index (χ1n) is 10.5. The minimum absolute atomic E-state index is 0.0168. The van der Waals surface area contributed by atoms with Gasteiger partial charge in [-0.15, -0.1) is 0 Å². The Labute approximate surface area is 166 Å². The number of ether oxygens (including phenoxy) is 2. The van der Waals surface area contributed by atoms with Gasteiger partial charge in [0.05, 0.1) is 19.3 Å². The first-order valence-corrected chi connectivity index (χ1v) is 10.5. The number of oxazole rings is 1. The molecular weight excluding hydrogens is 356 g/mol. The van der Waals surface area contributed by atoms with Crippen molar-refractivity contribution < 1.29 is 18.7 Å². The summed E-state index contributed by atoms with van der Waals surface area (Å²) in [4.78, 5) is 15.8. The Morgan fingerprint density at radius 3 is 2.75 bits per heavy atom. The van der Waals surface area contributed by atoms with Crippen LogP contribution >= 0.6 is 0 Å². The van der Waals surface area contributed by atoms with Crippen molar-refractivity contribution in [2.24, 2.45) is 5.92 Å². The number of fused-ring (bicyclic) bond motifs is 1. The molecule has 0 saturated heterocycles. The summed E-state index contributed by atoms with van der Waals surface area (Å²) in [6, 6.07) is 5.98. The molecule has 0 aliphatic heterocycles. The molecule has 0 radical (unpaired) electrons. The van der Waals surface area contributed by atoms with Gasteiger partial charge in [-0.05, 0) is 63.5 Å². The molecule has 1 aromatic heterocycles. The van der Waals surface area contributed by atoms with Gasteiger partial charge in [0, 0.05) is 24.9 Å². The average Bonchev–Trinajstić information content (AvgIpc) is 3.41. The quantitative estimate of drug-likeness (QED) is 0.737. The van der Waals surface area contributed by atoms with Crippen molar-refractivity contribution >= 4 is 17.0 Å². The van der Waals surface area contributed by atoms with Gasteiger partial charge in [-0.1, -0.05) is 0 Å². The van der Waals surface area contributed by atoms with Crippen molar-refractivity contribution in [3.05, 3.63) is 24.1 Å². The third-order valence-electron chi connectivity index (χ3n) is 5.61. The first kappa shape index (κ1) is 19.2. The second-order valence-electron chi connectivity index (χ2n) is 8.34. The monoisotopic (exact) mass is 386 g/mol. The second-order valence-corrected chi connectivity index (χ2v) is 8.34. The summed E-state index contributed by atoms with van der Waals surface area (Å²) in [6.45, 7) is 4.86. The highest BCUT2D eigenvalue weighted by Crippen LogP contribution is 2.36. The van der Waals surface area contributed by atoms with Gasteiger partial charge < -0.3 is 19.2 Å². The lowest BCUT2D eigenvalue weighted by molar-refractivity contribution is -0.120. The number of rotatable bonds is 8. The number of nitrogens with one attached hydrogen (secondary N) is 1. The molecule has 2 aromatic rings. The zero-order chi connectivity index (χ0) is 19.5. The van der Waals surface area contributed by atoms with Crippen molar-refractivity contribution in [1.29, 1.82) is 0 Å². The highest BCUT2D eigenvalue weighted by molar-refractivity contribution is 5.74. The van der Waals surface area contributed by atoms with E-state index in [1.807, 2.05) is 25.1 Å². The molecule has 1 aromatic carbocycles. The largest absolute Gasteiger partial charge is 0.493 e. The van der Waals surface area contributed by atoms with E-state index in [9.17, 15) is 4.79 Å². The number of benzene rings is 1. The van der Waals surface area contributed by atoms with Gasteiger partial charge in [-0.25, -0.2) is 4.98 Å². The number of nitrogens with zero attached hydrogens (tertiary/aromatic N) is 1. The van der Waals surface area contributed by atoms with Crippen LogP contribution in [0.2, 0.25) is 0 Å². The Morgan fingerprint density at radius 1 is 1.25 bits per heavy atom. The Morgan fingerprint density at radius 2 is 2.04 bits per heavy atom. The smallest absolute Gasteiger partial charge is 0.217 e. The van der Waals surface area contributed by atoms with Gasteiger partial charge in [0.1, 0.15) is 11.3 Å². The van der Waals surface area contributed by atoms with Gasteiger partial charge in [0.2, 0.25) is 5.91 Å². The normalized spacial score (nSPS) is 23.5. The van der Waals surface area contributed by atoms with Gasteiger partial charge in [-0.2, -0.15) is 0 Å². The number of amides is 1. The fourth-order valence-electron chi connectivity index (χ4n) is 3.83. The van der Waals surface area contributed by atoms with E-state index < -0.39 is 0 Å². The third-order valence-corrected chi connectivity index (χ3v) is 5.61. The molecule has 6 nitrogen and oxygen atoms in total. The summed E-state index contributed by atoms with van der Waals surface area (Å²) < 4.78 is 17.9. The highest BCUT2D eigenvalue weighted by atomic mass is 16.5. The van der Waals surface area contributed by atoms with E-state index in [-0.39, 0.29) is 18.1 Å². The lowest BCUT2D eigenvalue weighted by Gasteiger charge is -2.27. The average molecular weight is 386 g/mol. The van der Waals surface area contributed by atoms with Crippen molar-refractivity contribution in [2.45, 2.75) is 70.4 Å². The molecule has 2 aliphatic rings. The van der Waals surface area contributed by atoms with E-state index in [0.29, 0.717) is 12.5 Å². The van der Waals surface area contributed by atoms with Gasteiger partial charge in [0.15, 0.2) is 11.5 Å². The maximum absolute atomic E-state index is 11.1. The van der Waals surface area contributed by atoms with Crippen molar-refractivity contribution in [1.82, 2.24) is 10.3 Å². The number of aromatic nitrogens is 1. The van der Waals surface area contributed by atoms with E-state index in [0.717, 1.165) is 60.9 Å². The molecule has 1 heterocycles. The molecule has 152 valence electrons. The first-order chi connectivity index (χ1) is 13.6. The fourth-order valence-corrected chi connectivity index (χ4v) is 3.83. The van der Waals surface area contributed by atoms with Crippen molar-refractivity contribution in [3.8, 4) is 5.75 Å². The van der Waals surface area contributed by atoms with Gasteiger partial charge >= 0.3 is 0 Å². The van der Waals surface area contributed by atoms with Crippen LogP contribution in [0.1, 0.15) is 64.2 Å². The number of carbonyl (C=O) groups is 1. The topological polar surface area (TPSA) is 73.6 Å². The minimum Gasteiger partial charge on any atom is -0.493 e. The van der Waals surface area contributed by atoms with Crippen LogP contribution in [0.5, 0.6) is 5.75 Å². The number of hydrogen-bond acceptors (Lipinski definition) is 5. The predicted octanol–water partition coefficient (Wildman–Crippen LogP) is 4.18. The van der Waals surface area contributed by atoms with E-state index >= 15 is 0 Å². The van der Waals surface area contributed by atoms with Gasteiger partial charge in [0.25, 0.3) is 0 Å². The van der Waals surface area contributed by atoms with Gasteiger partial charge in [-0.3, -0.25) is 4.79 Å². The van der Waals surface area contributed by atoms with Crippen LogP contribution in [0.25, 0.3) is 11.1 Å². The third kappa shape index (κ3) is 5.04. The number of carbonyl (C=O) groups excluding carboxylic acids is 1. The lowest BCUT2D eigenvalue weighted by atomic mass is 9.87. The summed E-state index contributed by atoms with van der Waals surface area (Å²) in [6.07, 6.45) is 6.83. The summed E-state index contributed by atoms with van der Waals surface area (Å²) in [7, 11) is 0. The molecule has 1 atom stereocenters. The summed E-state index contributed by atoms with van der Waals surface area (Å²) >= 11 is 0. The van der Waals surface area contributed by atoms with Crippen molar-refractivity contribution in [2.75, 3.05) is 13.2 Å². The van der Waals surface area contributed by atoms with Crippen LogP contribution in [0.15, 0.2) is 22.6 Å². The Balaban J connectivity index is 1.29. The molecule has 1 N–H and O–H groups in total. The summed E-state index contributed by atoms with van der Waals surface area (Å²) in [5.74, 6) is 2.76. The van der Waals surface area contributed by atoms with Crippen LogP contribution < -0.4 is 10.1 Å². The zero-order valence-corrected chi connectivity index (χ0v) is 16.8. The van der Waals surface area contributed by atoms with E-state index in [2.05, 4.69) is 5.32 Å². The minimum atomic E-state index is -0.0168. The predicted molar refractivity (Wildman–Crippen MR) is 106 cm³/mol. The molecular formula is C22H30N2O4. The SMILES string of the molecule is CC(=O)NC(C)COC1CCC(c2nc3ccc(OCC4CC4)cc3o2)CC1. The zero-order valence-electron chi connectivity index (χ0n) is 16.8. The molecule has 4 rings (SSSR count). The maximum atomic E-state index is 11.1. The highest BCUT2D eigenvalue weighted by Gasteiger charge is 2.27. The molecule has 2 saturated carbocycles. The Kier molecular flexibility index (Phi) is 5.85. The van der Waals surface area contributed by atoms with Crippen LogP contribution in [-0.4, -0.2) is 36.3 Å². The summed E-state index contributed by atoms with van der Waals surface area (Å²) in [5.41, 5.74) is 1.71. The molecule has 2 aliphatic carbocycles. The summed E-state index contributed by atoms with van der Waals surface area (Å²) in [5, 5.41) is 2.86. The van der Waals surface area contributed by atoms with E-state index in [1.54, 1.807) is 0 Å². The molecule has 0 spiro atoms. The Hall–Kier alpha value is -2.08. The molecule has 0 bridgehead atoms. The molecule has 1 amide bonds. The Bertz CT molecular complexity index is 806. The fraction of sp³-hybridized carbons (Fsp3) is 0.636. The van der Waals surface area contributed by atoms with Crippen LogP contribution in [0.3, 0.4) is 0 Å². The van der Waals surface area contributed by atoms with E-state index in [1.165, 1.54) is 19.8 Å². The van der Waals surface area contributed by atoms with Crippen LogP contribution in [0, 0.1) is 5.92 Å². The van der Waals surface area contributed by atoms with Crippen molar-refractivity contribution in [3.63, 3.8) is 0 Å². The lowest BCUT2D eigenvalue weighted by Crippen LogP contribution is -2.36. The molecule has 6 heteroatoms. The molecule has 28 heavy (non-hydrogen) atoms. The second kappa shape index (κ2) is 8.52. The van der Waals surface area contributed by atoms with Crippen LogP contribution in [0.4, 0.5) is 0 Å². The van der Waals surface area contributed by atoms with E-state index in [4.69, 9.17) is 18.9 Å². The maximum Gasteiger partial charge on any atom is 0.217 e. The van der Waals surface area contributed by atoms with Crippen LogP contribution in [-0.2, 0) is 9.53 Å².